The molecule has 0 aliphatic rings. The topological polar surface area (TPSA) is 175 Å². The van der Waals surface area contributed by atoms with Crippen LogP contribution < -0.4 is 4.57 Å². The first kappa shape index (κ1) is 26.0. The Morgan fingerprint density at radius 1 is 0.947 bits per heavy atom. The van der Waals surface area contributed by atoms with E-state index in [-0.39, 0.29) is 11.5 Å². The minimum Gasteiger partial charge on any atom is -0.481 e. The van der Waals surface area contributed by atoms with Gasteiger partial charge in [0.1, 0.15) is 5.01 Å². The van der Waals surface area contributed by atoms with E-state index in [0.717, 1.165) is 54.7 Å². The van der Waals surface area contributed by atoms with Gasteiger partial charge < -0.3 is 10.2 Å². The van der Waals surface area contributed by atoms with Gasteiger partial charge in [-0.15, -0.1) is 21.5 Å². The van der Waals surface area contributed by atoms with Crippen LogP contribution in [0.25, 0.3) is 38.3 Å². The summed E-state index contributed by atoms with van der Waals surface area (Å²) in [5.41, 5.74) is 2.55. The number of hydrogen-bond acceptors (Lipinski definition) is 10. The number of hydrogen-bond donors (Lipinski definition) is 4. The number of rotatable bonds is 10. The highest BCUT2D eigenvalue weighted by Gasteiger charge is 2.17. The number of nitrogens with zero attached hydrogens (tertiary/aromatic N) is 6. The summed E-state index contributed by atoms with van der Waals surface area (Å²) in [6.45, 7) is 0. The first-order valence-corrected chi connectivity index (χ1v) is 14.3. The Morgan fingerprint density at radius 2 is 1.63 bits per heavy atom. The van der Waals surface area contributed by atoms with Crippen molar-refractivity contribution in [3.63, 3.8) is 0 Å². The molecule has 0 amide bonds. The molecule has 0 atom stereocenters. The number of carboxylic acids is 2. The molecule has 16 heteroatoms. The van der Waals surface area contributed by atoms with Crippen LogP contribution in [-0.2, 0) is 9.59 Å². The summed E-state index contributed by atoms with van der Waals surface area (Å²) in [4.78, 5) is 35.6. The van der Waals surface area contributed by atoms with Gasteiger partial charge in [0.25, 0.3) is 0 Å². The van der Waals surface area contributed by atoms with E-state index in [1.165, 1.54) is 11.3 Å². The van der Waals surface area contributed by atoms with Crippen LogP contribution in [-0.4, -0.2) is 69.0 Å². The molecule has 1 aromatic carbocycles. The molecule has 5 aromatic rings. The lowest BCUT2D eigenvalue weighted by molar-refractivity contribution is -0.595. The normalized spacial score (nSPS) is 11.1. The van der Waals surface area contributed by atoms with Crippen LogP contribution >= 0.6 is 50.8 Å². The number of H-pyrrole nitrogens is 2. The maximum Gasteiger partial charge on any atom is 0.313 e. The van der Waals surface area contributed by atoms with Gasteiger partial charge in [-0.05, 0) is 22.0 Å². The maximum atomic E-state index is 10.8. The predicted molar refractivity (Wildman–Crippen MR) is 144 cm³/mol. The molecule has 0 aliphatic carbocycles. The maximum absolute atomic E-state index is 10.8. The summed E-state index contributed by atoms with van der Waals surface area (Å²) in [5.74, 6) is -1.07. The zero-order valence-corrected chi connectivity index (χ0v) is 23.1. The van der Waals surface area contributed by atoms with Gasteiger partial charge in [0.15, 0.2) is 24.0 Å². The summed E-state index contributed by atoms with van der Waals surface area (Å²) < 4.78 is 2.75. The van der Waals surface area contributed by atoms with Crippen molar-refractivity contribution in [2.45, 2.75) is 10.3 Å². The van der Waals surface area contributed by atoms with Gasteiger partial charge in [-0.1, -0.05) is 35.7 Å². The van der Waals surface area contributed by atoms with Crippen molar-refractivity contribution in [1.29, 1.82) is 0 Å². The monoisotopic (exact) mass is 631 g/mol. The summed E-state index contributed by atoms with van der Waals surface area (Å²) in [6.07, 6.45) is 5.51. The molecule has 12 nitrogen and oxygen atoms in total. The van der Waals surface area contributed by atoms with Gasteiger partial charge in [0, 0.05) is 23.9 Å². The van der Waals surface area contributed by atoms with Crippen molar-refractivity contribution in [2.24, 2.45) is 0 Å². The summed E-state index contributed by atoms with van der Waals surface area (Å²) in [5, 5.41) is 33.0. The Balaban J connectivity index is 1.38. The Bertz CT molecular complexity index is 1640. The molecular weight excluding hydrogens is 616 g/mol. The second kappa shape index (κ2) is 11.4. The molecule has 0 fully saturated rings. The van der Waals surface area contributed by atoms with Crippen LogP contribution in [0, 0.1) is 0 Å². The smallest absolute Gasteiger partial charge is 0.313 e. The van der Waals surface area contributed by atoms with E-state index in [0.29, 0.717) is 22.0 Å². The van der Waals surface area contributed by atoms with E-state index in [1.54, 1.807) is 6.20 Å². The second-order valence-electron chi connectivity index (χ2n) is 7.53. The Morgan fingerprint density at radius 3 is 2.34 bits per heavy atom. The number of carboxylic acid groups (broad SMARTS) is 2. The average Bonchev–Trinajstić information content (AvgIpc) is 3.67. The Kier molecular flexibility index (Phi) is 7.82. The lowest BCUT2D eigenvalue weighted by atomic mass is 10.2. The third kappa shape index (κ3) is 6.27. The highest BCUT2D eigenvalue weighted by atomic mass is 79.9. The zero-order chi connectivity index (χ0) is 26.6. The molecule has 4 heterocycles. The lowest BCUT2D eigenvalue weighted by Gasteiger charge is -2.02. The minimum atomic E-state index is -0.936. The number of carbonyl (C=O) groups is 2. The molecule has 5 rings (SSSR count). The highest BCUT2D eigenvalue weighted by molar-refractivity contribution is 9.10. The molecule has 4 N–H and O–H groups in total. The molecule has 0 bridgehead atoms. The molecular formula is C22H16BrN8O4S3+. The Hall–Kier alpha value is -3.60. The average molecular weight is 633 g/mol. The molecule has 0 spiro atoms. The molecule has 4 aromatic heterocycles. The number of nitrogens with one attached hydrogen (secondary N) is 2. The van der Waals surface area contributed by atoms with Gasteiger partial charge in [-0.2, -0.15) is 4.57 Å². The van der Waals surface area contributed by atoms with Gasteiger partial charge >= 0.3 is 11.9 Å². The van der Waals surface area contributed by atoms with Crippen molar-refractivity contribution in [1.82, 2.24) is 35.3 Å². The Labute approximate surface area is 235 Å². The fourth-order valence-corrected chi connectivity index (χ4v) is 5.61. The number of pyridine rings is 1. The van der Waals surface area contributed by atoms with E-state index < -0.39 is 11.9 Å². The summed E-state index contributed by atoms with van der Waals surface area (Å²) in [7, 11) is 0. The van der Waals surface area contributed by atoms with Crippen molar-refractivity contribution >= 4 is 62.7 Å². The van der Waals surface area contributed by atoms with Crippen LogP contribution in [0.1, 0.15) is 0 Å². The van der Waals surface area contributed by atoms with E-state index in [2.05, 4.69) is 51.3 Å². The number of thioether (sulfide) groups is 2. The van der Waals surface area contributed by atoms with Crippen molar-refractivity contribution in [3.05, 3.63) is 53.4 Å². The number of halogens is 1. The van der Waals surface area contributed by atoms with Gasteiger partial charge in [-0.3, -0.25) is 19.8 Å². The molecule has 0 aliphatic heterocycles. The van der Waals surface area contributed by atoms with Crippen molar-refractivity contribution in [2.75, 3.05) is 11.5 Å². The largest absolute Gasteiger partial charge is 0.481 e. The standard InChI is InChI=1S/C22H15BrN8O4S3/c23-13-4-12(18-25-21(29-27-18)36-9-16(32)33)7-31(8-13)14-3-1-2-11(5-14)20-24-6-15(38-20)19-26-22(30-28-19)37-10-17(34)35/h1-8H,9-10H2,(H3-,25,26,27,28,29,30,32,33,34,35)/p+1. The first-order chi connectivity index (χ1) is 18.3. The van der Waals surface area contributed by atoms with E-state index >= 15 is 0 Å². The fourth-order valence-electron chi connectivity index (χ4n) is 3.25. The predicted octanol–water partition coefficient (Wildman–Crippen LogP) is 3.77. The van der Waals surface area contributed by atoms with E-state index in [1.807, 2.05) is 47.3 Å². The number of aromatic nitrogens is 8. The van der Waals surface area contributed by atoms with E-state index in [4.69, 9.17) is 10.2 Å². The van der Waals surface area contributed by atoms with Crippen LogP contribution in [0.3, 0.4) is 0 Å². The van der Waals surface area contributed by atoms with Crippen LogP contribution in [0.2, 0.25) is 0 Å². The van der Waals surface area contributed by atoms with Gasteiger partial charge in [0.2, 0.25) is 16.0 Å². The number of aromatic amines is 2. The van der Waals surface area contributed by atoms with E-state index in [9.17, 15) is 9.59 Å². The lowest BCUT2D eigenvalue weighted by Crippen LogP contribution is -2.30. The SMILES string of the molecule is O=C(O)CSc1n[nH]c(-c2cc(Br)c[n+](-c3cccc(-c4ncc(-c5nc(SCC(=O)O)n[nH]5)s4)c3)c2)n1. The molecule has 38 heavy (non-hydrogen) atoms. The fraction of sp³-hybridized carbons (Fsp3) is 0.0909. The third-order valence-corrected chi connectivity index (χ3v) is 7.97. The molecule has 0 unspecified atom stereocenters. The summed E-state index contributed by atoms with van der Waals surface area (Å²) >= 11 is 7.07. The molecule has 0 radical (unpaired) electrons. The highest BCUT2D eigenvalue weighted by Crippen LogP contribution is 2.31. The number of thiazole rings is 1. The second-order valence-corrected chi connectivity index (χ2v) is 11.4. The molecule has 192 valence electrons. The first-order valence-electron chi connectivity index (χ1n) is 10.7. The number of aliphatic carboxylic acids is 2. The van der Waals surface area contributed by atoms with Gasteiger partial charge in [0.05, 0.1) is 26.4 Å². The third-order valence-electron chi connectivity index (χ3n) is 4.82. The van der Waals surface area contributed by atoms with Crippen molar-refractivity contribution < 1.29 is 24.4 Å². The quantitative estimate of drug-likeness (QED) is 0.130. The zero-order valence-electron chi connectivity index (χ0n) is 19.0. The van der Waals surface area contributed by atoms with Gasteiger partial charge in [-0.25, -0.2) is 15.0 Å². The van der Waals surface area contributed by atoms with Crippen LogP contribution in [0.4, 0.5) is 0 Å². The van der Waals surface area contributed by atoms with Crippen molar-refractivity contribution in [3.8, 4) is 38.3 Å². The van der Waals surface area contributed by atoms with Crippen LogP contribution in [0.15, 0.2) is 63.7 Å². The van der Waals surface area contributed by atoms with Crippen LogP contribution in [0.5, 0.6) is 0 Å². The summed E-state index contributed by atoms with van der Waals surface area (Å²) in [6, 6.07) is 9.75. The number of benzene rings is 1. The molecule has 0 saturated carbocycles. The minimum absolute atomic E-state index is 0.117. The molecule has 0 saturated heterocycles.